The highest BCUT2D eigenvalue weighted by molar-refractivity contribution is 6.62. The molecule has 1 aliphatic carbocycles. The largest absolute Gasteiger partial charge is 0.488 e. The number of nitrogens with two attached hydrogens (primary N) is 1. The Balaban J connectivity index is 0.000000200. The summed E-state index contributed by atoms with van der Waals surface area (Å²) in [4.78, 5) is 60.5. The number of amides is 3. The molecule has 0 saturated carbocycles. The molecule has 17 heteroatoms. The van der Waals surface area contributed by atoms with Crippen LogP contribution in [-0.4, -0.2) is 90.7 Å². The van der Waals surface area contributed by atoms with E-state index in [1.165, 1.54) is 13.8 Å². The smallest absolute Gasteiger partial charge is 0.410 e. The van der Waals surface area contributed by atoms with E-state index >= 15 is 0 Å². The molecule has 0 radical (unpaired) electrons. The van der Waals surface area contributed by atoms with Gasteiger partial charge in [-0.25, -0.2) is 14.6 Å². The van der Waals surface area contributed by atoms with Crippen molar-refractivity contribution >= 4 is 57.5 Å². The molecule has 3 amide bonds. The maximum atomic E-state index is 13.0. The number of aromatic nitrogens is 4. The first-order chi connectivity index (χ1) is 38.7. The lowest BCUT2D eigenvalue weighted by atomic mass is 9.86. The van der Waals surface area contributed by atoms with E-state index in [0.717, 1.165) is 104 Å². The molecule has 7 aromatic rings. The number of fused-ring (bicyclic) bond motifs is 2. The van der Waals surface area contributed by atoms with Crippen LogP contribution in [0.15, 0.2) is 127 Å². The van der Waals surface area contributed by atoms with E-state index in [1.807, 2.05) is 157 Å². The average Bonchev–Trinajstić information content (AvgIpc) is 4.27. The quantitative estimate of drug-likeness (QED) is 0.104. The first-order valence-corrected chi connectivity index (χ1v) is 27.9. The van der Waals surface area contributed by atoms with Gasteiger partial charge in [-0.3, -0.25) is 19.7 Å². The van der Waals surface area contributed by atoms with Crippen LogP contribution in [0.1, 0.15) is 126 Å². The van der Waals surface area contributed by atoms with Gasteiger partial charge in [-0.15, -0.1) is 0 Å². The predicted molar refractivity (Wildman–Crippen MR) is 317 cm³/mol. The summed E-state index contributed by atoms with van der Waals surface area (Å²) in [5.41, 5.74) is 16.1. The van der Waals surface area contributed by atoms with Crippen molar-refractivity contribution < 1.29 is 38.1 Å². The number of H-pyrrole nitrogens is 1. The molecule has 16 nitrogen and oxygen atoms in total. The fourth-order valence-corrected chi connectivity index (χ4v) is 10.2. The van der Waals surface area contributed by atoms with Gasteiger partial charge >= 0.3 is 12.2 Å². The second-order valence-electron chi connectivity index (χ2n) is 22.4. The highest BCUT2D eigenvalue weighted by atomic mass is 35.5. The molecular formula is C64H73ClN8O8. The summed E-state index contributed by atoms with van der Waals surface area (Å²) in [6.07, 6.45) is 5.66. The molecule has 0 spiro atoms. The highest BCUT2D eigenvalue weighted by Gasteiger charge is 2.34. The molecule has 2 atom stereocenters. The van der Waals surface area contributed by atoms with E-state index < -0.39 is 11.2 Å². The molecule has 5 heterocycles. The van der Waals surface area contributed by atoms with Crippen LogP contribution in [0.2, 0.25) is 0 Å². The SMILES string of the molecule is CC(=O)Cl.CC(=O)NC1=CCc2nc(-c3ccccc3OCc3ccccc3)cc(C3CCCN(C(=O)OC(C)(C)C)C3)c21.CC(C)(C)OC(=O)N1CCCC(c2cc(-c3ccccc3OCc3ccccc3)nc3n[nH]c(N)c23)C1. The van der Waals surface area contributed by atoms with Gasteiger partial charge < -0.3 is 39.8 Å². The molecule has 10 rings (SSSR count). The van der Waals surface area contributed by atoms with Crippen molar-refractivity contribution in [1.29, 1.82) is 0 Å². The summed E-state index contributed by atoms with van der Waals surface area (Å²) in [5, 5.41) is 10.7. The third-order valence-corrected chi connectivity index (χ3v) is 13.6. The number of rotatable bonds is 11. The van der Waals surface area contributed by atoms with E-state index in [4.69, 9.17) is 34.6 Å². The van der Waals surface area contributed by atoms with E-state index in [9.17, 15) is 19.2 Å². The number of carbonyl (C=O) groups is 4. The maximum absolute atomic E-state index is 13.0. The van der Waals surface area contributed by atoms with E-state index in [-0.39, 0.29) is 35.2 Å². The highest BCUT2D eigenvalue weighted by Crippen LogP contribution is 2.42. The summed E-state index contributed by atoms with van der Waals surface area (Å²) >= 11 is 4.64. The van der Waals surface area contributed by atoms with Gasteiger partial charge in [0, 0.05) is 80.7 Å². The molecule has 3 aromatic heterocycles. The molecule has 4 aromatic carbocycles. The van der Waals surface area contributed by atoms with Crippen molar-refractivity contribution in [3.8, 4) is 34.0 Å². The number of likely N-dealkylation sites (tertiary alicyclic amines) is 2. The number of pyridine rings is 2. The zero-order valence-electron chi connectivity index (χ0n) is 47.5. The molecule has 2 aliphatic heterocycles. The third-order valence-electron chi connectivity index (χ3n) is 13.6. The van der Waals surface area contributed by atoms with Crippen LogP contribution in [-0.2, 0) is 38.7 Å². The monoisotopic (exact) mass is 1120 g/mol. The van der Waals surface area contributed by atoms with Crippen molar-refractivity contribution in [3.05, 3.63) is 161 Å². The van der Waals surface area contributed by atoms with E-state index in [1.54, 1.807) is 9.80 Å². The number of nitrogen functional groups attached to an aromatic ring is 1. The lowest BCUT2D eigenvalue weighted by Gasteiger charge is -2.35. The third kappa shape index (κ3) is 16.0. The van der Waals surface area contributed by atoms with Gasteiger partial charge in [0.15, 0.2) is 5.65 Å². The molecule has 2 unspecified atom stereocenters. The number of hydrogen-bond donors (Lipinski definition) is 3. The summed E-state index contributed by atoms with van der Waals surface area (Å²) in [7, 11) is 0. The second kappa shape index (κ2) is 26.4. The standard InChI is InChI=1S/C33H37N3O4.C29H33N5O3.C2H3ClO/c1-22(37)34-27-16-17-28-31(27)26(24-13-10-18-36(20-24)32(38)40-33(2,3)4)19-29(35-28)25-14-8-9-15-30(25)39-21-23-11-6-5-7-12-23;1-29(2,3)37-28(35)34-15-9-12-20(17-34)22-16-23(31-27-25(22)26(30)32-33-27)21-13-7-8-14-24(21)36-18-19-10-5-4-6-11-19;1-2(3)4/h5-9,11-12,14-16,19,24H,10,13,17-18,20-21H2,1-4H3,(H,34,37);4-8,10-11,13-14,16,20H,9,12,15,17-18H2,1-3H3,(H3,30,31,32,33);1H3. The number of ether oxygens (including phenoxy) is 4. The van der Waals surface area contributed by atoms with Crippen LogP contribution in [0.4, 0.5) is 15.4 Å². The van der Waals surface area contributed by atoms with Gasteiger partial charge in [0.25, 0.3) is 0 Å². The first-order valence-electron chi connectivity index (χ1n) is 27.5. The van der Waals surface area contributed by atoms with Crippen LogP contribution < -0.4 is 20.5 Å². The zero-order valence-corrected chi connectivity index (χ0v) is 48.3. The molecule has 2 saturated heterocycles. The van der Waals surface area contributed by atoms with Crippen LogP contribution in [0, 0.1) is 0 Å². The Bertz CT molecular complexity index is 3370. The Morgan fingerprint density at radius 2 is 1.12 bits per heavy atom. The fraction of sp³-hybridized carbons (Fsp3) is 0.359. The van der Waals surface area contributed by atoms with Crippen LogP contribution in [0.5, 0.6) is 11.5 Å². The lowest BCUT2D eigenvalue weighted by molar-refractivity contribution is -0.117. The minimum Gasteiger partial charge on any atom is -0.488 e. The van der Waals surface area contributed by atoms with Crippen molar-refractivity contribution in [3.63, 3.8) is 0 Å². The Morgan fingerprint density at radius 1 is 0.667 bits per heavy atom. The minimum atomic E-state index is -0.556. The number of para-hydroxylation sites is 2. The van der Waals surface area contributed by atoms with Crippen molar-refractivity contribution in [2.24, 2.45) is 0 Å². The number of anilines is 1. The molecular weight excluding hydrogens is 1040 g/mol. The van der Waals surface area contributed by atoms with Gasteiger partial charge in [-0.1, -0.05) is 91.0 Å². The molecule has 2 fully saturated rings. The molecule has 0 bridgehead atoms. The van der Waals surface area contributed by atoms with Crippen LogP contribution >= 0.6 is 11.6 Å². The fourth-order valence-electron chi connectivity index (χ4n) is 10.2. The van der Waals surface area contributed by atoms with Crippen molar-refractivity contribution in [1.82, 2.24) is 35.3 Å². The Hall–Kier alpha value is -8.24. The van der Waals surface area contributed by atoms with Crippen molar-refractivity contribution in [2.75, 3.05) is 31.9 Å². The van der Waals surface area contributed by atoms with Crippen molar-refractivity contribution in [2.45, 2.75) is 124 Å². The zero-order chi connectivity index (χ0) is 57.8. The second-order valence-corrected chi connectivity index (χ2v) is 22.9. The summed E-state index contributed by atoms with van der Waals surface area (Å²) in [6, 6.07) is 40.2. The first kappa shape index (κ1) is 58.9. The number of carbonyl (C=O) groups excluding carboxylic acids is 4. The molecule has 81 heavy (non-hydrogen) atoms. The van der Waals surface area contributed by atoms with Crippen LogP contribution in [0.25, 0.3) is 39.2 Å². The molecule has 424 valence electrons. The molecule has 4 N–H and O–H groups in total. The number of benzene rings is 4. The number of hydrogen-bond acceptors (Lipinski definition) is 12. The Morgan fingerprint density at radius 3 is 1.62 bits per heavy atom. The number of nitrogens with zero attached hydrogens (tertiary/aromatic N) is 5. The normalized spacial score (nSPS) is 15.9. The predicted octanol–water partition coefficient (Wildman–Crippen LogP) is 13.1. The number of aromatic amines is 1. The maximum Gasteiger partial charge on any atom is 0.410 e. The average molecular weight is 1120 g/mol. The summed E-state index contributed by atoms with van der Waals surface area (Å²) in [5.74, 6) is 2.01. The number of nitrogens with one attached hydrogen (secondary N) is 2. The number of allylic oxidation sites excluding steroid dienone is 1. The van der Waals surface area contributed by atoms with Gasteiger partial charge in [0.2, 0.25) is 11.1 Å². The number of piperidine rings is 2. The minimum absolute atomic E-state index is 0.0721. The Labute approximate surface area is 479 Å². The Kier molecular flexibility index (Phi) is 19.2. The van der Waals surface area contributed by atoms with Gasteiger partial charge in [-0.05, 0) is 137 Å². The van der Waals surface area contributed by atoms with Gasteiger partial charge in [0.05, 0.1) is 22.5 Å². The van der Waals surface area contributed by atoms with Crippen LogP contribution in [0.3, 0.4) is 0 Å². The van der Waals surface area contributed by atoms with Gasteiger partial charge in [0.1, 0.15) is 41.7 Å². The van der Waals surface area contributed by atoms with Gasteiger partial charge in [-0.2, -0.15) is 5.10 Å². The topological polar surface area (TPSA) is 204 Å². The molecule has 3 aliphatic rings. The van der Waals surface area contributed by atoms with E-state index in [2.05, 4.69) is 39.2 Å². The number of halogens is 1. The summed E-state index contributed by atoms with van der Waals surface area (Å²) < 4.78 is 23.8. The lowest BCUT2D eigenvalue weighted by Crippen LogP contribution is -2.42. The van der Waals surface area contributed by atoms with E-state index in [0.29, 0.717) is 57.3 Å². The summed E-state index contributed by atoms with van der Waals surface area (Å²) in [6.45, 7) is 17.5.